The van der Waals surface area contributed by atoms with Crippen molar-refractivity contribution >= 4 is 34.6 Å². The van der Waals surface area contributed by atoms with Crippen molar-refractivity contribution in [3.63, 3.8) is 0 Å². The molecule has 0 spiro atoms. The maximum atomic E-state index is 12.5. The van der Waals surface area contributed by atoms with E-state index in [9.17, 15) is 4.79 Å². The van der Waals surface area contributed by atoms with Crippen molar-refractivity contribution in [1.82, 2.24) is 15.5 Å². The zero-order chi connectivity index (χ0) is 18.1. The van der Waals surface area contributed by atoms with Gasteiger partial charge in [-0.15, -0.1) is 0 Å². The van der Waals surface area contributed by atoms with Crippen molar-refractivity contribution in [3.05, 3.63) is 53.2 Å². The fourth-order valence-corrected chi connectivity index (χ4v) is 2.89. The molecule has 26 heavy (non-hydrogen) atoms. The van der Waals surface area contributed by atoms with E-state index < -0.39 is 0 Å². The summed E-state index contributed by atoms with van der Waals surface area (Å²) < 4.78 is 5.58. The maximum Gasteiger partial charge on any atom is 0.255 e. The van der Waals surface area contributed by atoms with E-state index in [2.05, 4.69) is 15.5 Å². The number of rotatable bonds is 5. The van der Waals surface area contributed by atoms with Gasteiger partial charge in [-0.2, -0.15) is 5.10 Å². The molecule has 0 aliphatic heterocycles. The van der Waals surface area contributed by atoms with Crippen LogP contribution in [-0.2, 0) is 0 Å². The molecule has 0 radical (unpaired) electrons. The minimum Gasteiger partial charge on any atom is -0.495 e. The number of nitrogens with zero attached hydrogens (tertiary/aromatic N) is 1. The molecule has 1 aliphatic carbocycles. The number of ether oxygens (including phenoxy) is 1. The van der Waals surface area contributed by atoms with Crippen LogP contribution in [0.1, 0.15) is 34.5 Å². The summed E-state index contributed by atoms with van der Waals surface area (Å²) in [7, 11) is 1.57. The van der Waals surface area contributed by atoms with E-state index in [0.717, 1.165) is 40.7 Å². The molecule has 1 aliphatic rings. The second-order valence-electron chi connectivity index (χ2n) is 6.43. The van der Waals surface area contributed by atoms with Gasteiger partial charge in [0, 0.05) is 11.7 Å². The lowest BCUT2D eigenvalue weighted by molar-refractivity contribution is 0.0948. The van der Waals surface area contributed by atoms with Gasteiger partial charge in [0.2, 0.25) is 0 Å². The number of carbonyl (C=O) groups is 1. The highest BCUT2D eigenvalue weighted by Crippen LogP contribution is 2.33. The Kier molecular flexibility index (Phi) is 4.08. The monoisotopic (exact) mass is 348 g/mol. The molecule has 132 valence electrons. The molecule has 1 amide bonds. The molecule has 6 nitrogen and oxygen atoms in total. The van der Waals surface area contributed by atoms with E-state index in [1.807, 2.05) is 42.5 Å². The van der Waals surface area contributed by atoms with Gasteiger partial charge in [-0.3, -0.25) is 9.89 Å². The van der Waals surface area contributed by atoms with Crippen LogP contribution in [0.3, 0.4) is 0 Å². The van der Waals surface area contributed by atoms with Crippen molar-refractivity contribution in [2.45, 2.75) is 18.9 Å². The third-order valence-corrected chi connectivity index (χ3v) is 4.44. The van der Waals surface area contributed by atoms with Crippen LogP contribution in [0.2, 0.25) is 0 Å². The number of hydrogen-bond donors (Lipinski definition) is 3. The lowest BCUT2D eigenvalue weighted by Crippen LogP contribution is -2.25. The topological polar surface area (TPSA) is 93.0 Å². The first kappa shape index (κ1) is 16.2. The molecular formula is C20H20N4O2. The second-order valence-corrected chi connectivity index (χ2v) is 6.43. The molecule has 0 unspecified atom stereocenters. The van der Waals surface area contributed by atoms with Crippen LogP contribution >= 0.6 is 0 Å². The van der Waals surface area contributed by atoms with Crippen LogP contribution in [0.4, 0.5) is 5.69 Å². The molecule has 0 atom stereocenters. The summed E-state index contributed by atoms with van der Waals surface area (Å²) in [5.41, 5.74) is 9.51. The Bertz CT molecular complexity index is 985. The van der Waals surface area contributed by atoms with Gasteiger partial charge in [0.25, 0.3) is 5.91 Å². The number of hydrogen-bond acceptors (Lipinski definition) is 4. The molecule has 1 saturated carbocycles. The highest BCUT2D eigenvalue weighted by Gasteiger charge is 2.26. The molecular weight excluding hydrogens is 328 g/mol. The molecule has 4 N–H and O–H groups in total. The molecule has 1 heterocycles. The molecule has 6 heteroatoms. The van der Waals surface area contributed by atoms with E-state index in [0.29, 0.717) is 11.3 Å². The van der Waals surface area contributed by atoms with Crippen LogP contribution in [0.25, 0.3) is 23.1 Å². The van der Waals surface area contributed by atoms with Gasteiger partial charge in [0.1, 0.15) is 5.75 Å². The van der Waals surface area contributed by atoms with Gasteiger partial charge in [0.05, 0.1) is 29.3 Å². The lowest BCUT2D eigenvalue weighted by Gasteiger charge is -2.10. The van der Waals surface area contributed by atoms with Crippen LogP contribution in [0.15, 0.2) is 36.4 Å². The first-order chi connectivity index (χ1) is 12.7. The summed E-state index contributed by atoms with van der Waals surface area (Å²) in [4.78, 5) is 12.5. The van der Waals surface area contributed by atoms with Crippen molar-refractivity contribution in [2.75, 3.05) is 12.8 Å². The zero-order valence-electron chi connectivity index (χ0n) is 14.5. The molecule has 1 aromatic heterocycles. The van der Waals surface area contributed by atoms with Crippen LogP contribution in [0.5, 0.6) is 5.75 Å². The van der Waals surface area contributed by atoms with Crippen LogP contribution < -0.4 is 15.8 Å². The summed E-state index contributed by atoms with van der Waals surface area (Å²) in [6.45, 7) is 0. The second kappa shape index (κ2) is 6.55. The largest absolute Gasteiger partial charge is 0.495 e. The Morgan fingerprint density at radius 1 is 1.23 bits per heavy atom. The number of nitrogens with two attached hydrogens (primary N) is 1. The fourth-order valence-electron chi connectivity index (χ4n) is 2.89. The number of methoxy groups -OCH3 is 1. The summed E-state index contributed by atoms with van der Waals surface area (Å²) in [6, 6.07) is 11.5. The standard InChI is InChI=1S/C20H20N4O2/c1-26-19-15(20(25)22-14-7-8-14)9-11-17-18(19)16(23-24-17)10-4-12-2-5-13(21)6-3-12/h2-6,9-11,14H,7-8,21H2,1H3,(H,22,25)(H,23,24)/b10-4+. The summed E-state index contributed by atoms with van der Waals surface area (Å²) in [5.74, 6) is 0.423. The van der Waals surface area contributed by atoms with Crippen molar-refractivity contribution in [3.8, 4) is 5.75 Å². The number of H-pyrrole nitrogens is 1. The fraction of sp³-hybridized carbons (Fsp3) is 0.200. The Morgan fingerprint density at radius 2 is 2.00 bits per heavy atom. The average Bonchev–Trinajstić information content (AvgIpc) is 3.37. The number of fused-ring (bicyclic) bond motifs is 1. The number of carbonyl (C=O) groups excluding carboxylic acids is 1. The normalized spacial score (nSPS) is 14.0. The molecule has 4 rings (SSSR count). The van der Waals surface area contributed by atoms with E-state index >= 15 is 0 Å². The third kappa shape index (κ3) is 3.13. The number of anilines is 1. The lowest BCUT2D eigenvalue weighted by atomic mass is 10.1. The first-order valence-electron chi connectivity index (χ1n) is 8.55. The van der Waals surface area contributed by atoms with Crippen molar-refractivity contribution in [1.29, 1.82) is 0 Å². The molecule has 1 fully saturated rings. The smallest absolute Gasteiger partial charge is 0.255 e. The number of aromatic nitrogens is 2. The summed E-state index contributed by atoms with van der Waals surface area (Å²) >= 11 is 0. The van der Waals surface area contributed by atoms with E-state index in [1.165, 1.54) is 0 Å². The predicted octanol–water partition coefficient (Wildman–Crippen LogP) is 3.22. The van der Waals surface area contributed by atoms with E-state index in [-0.39, 0.29) is 11.9 Å². The summed E-state index contributed by atoms with van der Waals surface area (Å²) in [6.07, 6.45) is 5.93. The number of nitrogens with one attached hydrogen (secondary N) is 2. The highest BCUT2D eigenvalue weighted by atomic mass is 16.5. The quantitative estimate of drug-likeness (QED) is 0.617. The number of aromatic amines is 1. The predicted molar refractivity (Wildman–Crippen MR) is 103 cm³/mol. The minimum absolute atomic E-state index is 0.110. The highest BCUT2D eigenvalue weighted by molar-refractivity contribution is 6.05. The average molecular weight is 348 g/mol. The molecule has 2 aromatic carbocycles. The van der Waals surface area contributed by atoms with Crippen molar-refractivity contribution in [2.24, 2.45) is 0 Å². The molecule has 0 saturated heterocycles. The van der Waals surface area contributed by atoms with E-state index in [1.54, 1.807) is 13.2 Å². The van der Waals surface area contributed by atoms with E-state index in [4.69, 9.17) is 10.5 Å². The van der Waals surface area contributed by atoms with Gasteiger partial charge in [-0.05, 0) is 48.7 Å². The van der Waals surface area contributed by atoms with Gasteiger partial charge in [-0.25, -0.2) is 0 Å². The Balaban J connectivity index is 1.72. The SMILES string of the molecule is COc1c(C(=O)NC2CC2)ccc2[nH]nc(/C=C/c3ccc(N)cc3)c12. The van der Waals surface area contributed by atoms with Crippen molar-refractivity contribution < 1.29 is 9.53 Å². The number of amides is 1. The van der Waals surface area contributed by atoms with Gasteiger partial charge in [-0.1, -0.05) is 18.2 Å². The number of benzene rings is 2. The Hall–Kier alpha value is -3.28. The molecule has 3 aromatic rings. The van der Waals surface area contributed by atoms with Gasteiger partial charge in [0.15, 0.2) is 0 Å². The third-order valence-electron chi connectivity index (χ3n) is 4.44. The van der Waals surface area contributed by atoms with Crippen LogP contribution in [0, 0.1) is 0 Å². The Labute approximate surface area is 151 Å². The summed E-state index contributed by atoms with van der Waals surface area (Å²) in [5, 5.41) is 11.2. The van der Waals surface area contributed by atoms with Gasteiger partial charge >= 0.3 is 0 Å². The van der Waals surface area contributed by atoms with Crippen LogP contribution in [-0.4, -0.2) is 29.3 Å². The number of nitrogen functional groups attached to an aromatic ring is 1. The maximum absolute atomic E-state index is 12.5. The van der Waals surface area contributed by atoms with Gasteiger partial charge < -0.3 is 15.8 Å². The minimum atomic E-state index is -0.110. The zero-order valence-corrected chi connectivity index (χ0v) is 14.5. The molecule has 0 bridgehead atoms. The first-order valence-corrected chi connectivity index (χ1v) is 8.55. The Morgan fingerprint density at radius 3 is 2.69 bits per heavy atom.